The number of hydrogen-bond donors (Lipinski definition) is 0. The fourth-order valence-corrected chi connectivity index (χ4v) is 2.93. The van der Waals surface area contributed by atoms with E-state index in [-0.39, 0.29) is 5.91 Å². The van der Waals surface area contributed by atoms with E-state index in [9.17, 15) is 4.79 Å². The van der Waals surface area contributed by atoms with E-state index in [1.165, 1.54) is 25.7 Å². The highest BCUT2D eigenvalue weighted by molar-refractivity contribution is 6.18. The zero-order valence-corrected chi connectivity index (χ0v) is 8.59. The van der Waals surface area contributed by atoms with Crippen molar-refractivity contribution in [2.24, 2.45) is 5.92 Å². The number of likely N-dealkylation sites (tertiary alicyclic amines) is 1. The van der Waals surface area contributed by atoms with Crippen LogP contribution in [0.3, 0.4) is 0 Å². The summed E-state index contributed by atoms with van der Waals surface area (Å²) in [5.74, 6) is 1.54. The third-order valence-electron chi connectivity index (χ3n) is 3.39. The van der Waals surface area contributed by atoms with Crippen molar-refractivity contribution in [3.8, 4) is 0 Å². The van der Waals surface area contributed by atoms with E-state index in [0.29, 0.717) is 18.3 Å². The first kappa shape index (κ1) is 9.32. The summed E-state index contributed by atoms with van der Waals surface area (Å²) in [6.07, 6.45) is 5.59. The Morgan fingerprint density at radius 3 is 3.00 bits per heavy atom. The zero-order valence-electron chi connectivity index (χ0n) is 7.84. The van der Waals surface area contributed by atoms with Gasteiger partial charge in [-0.05, 0) is 25.2 Å². The molecule has 74 valence electrons. The lowest BCUT2D eigenvalue weighted by Crippen LogP contribution is -2.35. The van der Waals surface area contributed by atoms with Crippen molar-refractivity contribution in [1.82, 2.24) is 4.90 Å². The van der Waals surface area contributed by atoms with Crippen LogP contribution in [0.2, 0.25) is 0 Å². The predicted molar refractivity (Wildman–Crippen MR) is 52.8 cm³/mol. The molecule has 2 atom stereocenters. The lowest BCUT2D eigenvalue weighted by Gasteiger charge is -2.23. The van der Waals surface area contributed by atoms with Crippen molar-refractivity contribution < 1.29 is 4.79 Å². The first-order valence-corrected chi connectivity index (χ1v) is 5.72. The van der Waals surface area contributed by atoms with Gasteiger partial charge >= 0.3 is 0 Å². The molecule has 1 heterocycles. The van der Waals surface area contributed by atoms with Gasteiger partial charge in [-0.15, -0.1) is 11.6 Å². The summed E-state index contributed by atoms with van der Waals surface area (Å²) in [5.41, 5.74) is 0. The Bertz CT molecular complexity index is 207. The lowest BCUT2D eigenvalue weighted by atomic mass is 10.0. The van der Waals surface area contributed by atoms with E-state index in [1.54, 1.807) is 0 Å². The second-order valence-corrected chi connectivity index (χ2v) is 4.45. The highest BCUT2D eigenvalue weighted by Gasteiger charge is 2.39. The van der Waals surface area contributed by atoms with Crippen molar-refractivity contribution in [2.45, 2.75) is 38.1 Å². The normalized spacial score (nSPS) is 32.2. The molecular weight excluding hydrogens is 186 g/mol. The van der Waals surface area contributed by atoms with Crippen molar-refractivity contribution in [2.75, 3.05) is 12.4 Å². The fraction of sp³-hybridized carbons (Fsp3) is 0.900. The zero-order chi connectivity index (χ0) is 9.26. The third-order valence-corrected chi connectivity index (χ3v) is 3.58. The smallest absolute Gasteiger partial charge is 0.224 e. The Morgan fingerprint density at radius 2 is 2.23 bits per heavy atom. The molecule has 1 aliphatic carbocycles. The summed E-state index contributed by atoms with van der Waals surface area (Å²) in [6.45, 7) is 0.977. The summed E-state index contributed by atoms with van der Waals surface area (Å²) < 4.78 is 0. The van der Waals surface area contributed by atoms with E-state index in [0.717, 1.165) is 12.5 Å². The van der Waals surface area contributed by atoms with Crippen LogP contribution in [0, 0.1) is 5.92 Å². The van der Waals surface area contributed by atoms with Gasteiger partial charge < -0.3 is 4.90 Å². The predicted octanol–water partition coefficient (Wildman–Crippen LogP) is 2.02. The Labute approximate surface area is 84.2 Å². The quantitative estimate of drug-likeness (QED) is 0.626. The minimum absolute atomic E-state index is 0.268. The van der Waals surface area contributed by atoms with Gasteiger partial charge in [-0.1, -0.05) is 6.42 Å². The highest BCUT2D eigenvalue weighted by atomic mass is 35.5. The van der Waals surface area contributed by atoms with E-state index < -0.39 is 0 Å². The maximum absolute atomic E-state index is 11.6. The number of alkyl halides is 1. The van der Waals surface area contributed by atoms with Gasteiger partial charge in [0.1, 0.15) is 0 Å². The second-order valence-electron chi connectivity index (χ2n) is 4.07. The van der Waals surface area contributed by atoms with Crippen LogP contribution in [-0.4, -0.2) is 29.3 Å². The monoisotopic (exact) mass is 201 g/mol. The molecule has 0 N–H and O–H groups in total. The molecule has 0 bridgehead atoms. The summed E-state index contributed by atoms with van der Waals surface area (Å²) in [7, 11) is 0. The molecule has 1 saturated carbocycles. The maximum atomic E-state index is 11.6. The Morgan fingerprint density at radius 1 is 1.38 bits per heavy atom. The average Bonchev–Trinajstić information content (AvgIpc) is 2.62. The average molecular weight is 202 g/mol. The molecule has 0 radical (unpaired) electrons. The third kappa shape index (κ3) is 1.69. The number of carbonyl (C=O) groups excluding carboxylic acids is 1. The van der Waals surface area contributed by atoms with Gasteiger partial charge in [-0.3, -0.25) is 4.79 Å². The number of rotatable bonds is 2. The molecule has 0 spiro atoms. The molecule has 2 unspecified atom stereocenters. The molecule has 13 heavy (non-hydrogen) atoms. The van der Waals surface area contributed by atoms with Crippen LogP contribution in [-0.2, 0) is 4.79 Å². The van der Waals surface area contributed by atoms with Gasteiger partial charge in [-0.2, -0.15) is 0 Å². The first-order chi connectivity index (χ1) is 6.33. The number of halogens is 1. The Kier molecular flexibility index (Phi) is 2.77. The molecular formula is C10H16ClNO. The van der Waals surface area contributed by atoms with Crippen LogP contribution >= 0.6 is 11.6 Å². The number of fused-ring (bicyclic) bond motifs is 1. The van der Waals surface area contributed by atoms with E-state index in [2.05, 4.69) is 4.90 Å². The summed E-state index contributed by atoms with van der Waals surface area (Å²) in [5, 5.41) is 0. The van der Waals surface area contributed by atoms with Crippen molar-refractivity contribution in [3.05, 3.63) is 0 Å². The number of carbonyl (C=O) groups is 1. The summed E-state index contributed by atoms with van der Waals surface area (Å²) >= 11 is 5.57. The summed E-state index contributed by atoms with van der Waals surface area (Å²) in [6, 6.07) is 0.565. The van der Waals surface area contributed by atoms with E-state index in [1.807, 2.05) is 0 Å². The standard InChI is InChI=1S/C10H16ClNO/c11-6-4-10(13)12-7-5-8-2-1-3-9(8)12/h8-9H,1-7H2. The molecule has 0 aromatic heterocycles. The molecule has 2 nitrogen and oxygen atoms in total. The van der Waals surface area contributed by atoms with E-state index >= 15 is 0 Å². The molecule has 0 aromatic carbocycles. The minimum atomic E-state index is 0.268. The van der Waals surface area contributed by atoms with Crippen molar-refractivity contribution in [1.29, 1.82) is 0 Å². The van der Waals surface area contributed by atoms with Crippen molar-refractivity contribution >= 4 is 17.5 Å². The van der Waals surface area contributed by atoms with Gasteiger partial charge in [-0.25, -0.2) is 0 Å². The van der Waals surface area contributed by atoms with Crippen LogP contribution in [0.5, 0.6) is 0 Å². The van der Waals surface area contributed by atoms with Crippen LogP contribution in [0.4, 0.5) is 0 Å². The van der Waals surface area contributed by atoms with Gasteiger partial charge in [0.15, 0.2) is 0 Å². The molecule has 2 rings (SSSR count). The Balaban J connectivity index is 1.96. The van der Waals surface area contributed by atoms with Gasteiger partial charge in [0.05, 0.1) is 0 Å². The van der Waals surface area contributed by atoms with Crippen LogP contribution in [0.1, 0.15) is 32.1 Å². The highest BCUT2D eigenvalue weighted by Crippen LogP contribution is 2.37. The molecule has 0 aromatic rings. The SMILES string of the molecule is O=C(CCCl)N1CCC2CCCC21. The molecule has 2 aliphatic rings. The van der Waals surface area contributed by atoms with Gasteiger partial charge in [0.25, 0.3) is 0 Å². The van der Waals surface area contributed by atoms with Crippen LogP contribution in [0.15, 0.2) is 0 Å². The van der Waals surface area contributed by atoms with Crippen molar-refractivity contribution in [3.63, 3.8) is 0 Å². The van der Waals surface area contributed by atoms with Gasteiger partial charge in [0.2, 0.25) is 5.91 Å². The first-order valence-electron chi connectivity index (χ1n) is 5.18. The molecule has 3 heteroatoms. The maximum Gasteiger partial charge on any atom is 0.224 e. The number of hydrogen-bond acceptors (Lipinski definition) is 1. The summed E-state index contributed by atoms with van der Waals surface area (Å²) in [4.78, 5) is 13.7. The van der Waals surface area contributed by atoms with Crippen LogP contribution < -0.4 is 0 Å². The van der Waals surface area contributed by atoms with Gasteiger partial charge in [0, 0.05) is 24.9 Å². The Hall–Kier alpha value is -0.240. The molecule has 1 amide bonds. The van der Waals surface area contributed by atoms with E-state index in [4.69, 9.17) is 11.6 Å². The number of amides is 1. The minimum Gasteiger partial charge on any atom is -0.339 e. The molecule has 2 fully saturated rings. The lowest BCUT2D eigenvalue weighted by molar-refractivity contribution is -0.131. The molecule has 1 saturated heterocycles. The van der Waals surface area contributed by atoms with Crippen LogP contribution in [0.25, 0.3) is 0 Å². The topological polar surface area (TPSA) is 20.3 Å². The molecule has 1 aliphatic heterocycles. The largest absolute Gasteiger partial charge is 0.339 e. The second kappa shape index (κ2) is 3.87. The number of nitrogens with zero attached hydrogens (tertiary/aromatic N) is 1. The fourth-order valence-electron chi connectivity index (χ4n) is 2.77.